The third kappa shape index (κ3) is 4.97. The van der Waals surface area contributed by atoms with Gasteiger partial charge < -0.3 is 9.84 Å². The van der Waals surface area contributed by atoms with E-state index in [-0.39, 0.29) is 18.4 Å². The molecule has 0 saturated carbocycles. The molecule has 0 aliphatic heterocycles. The number of ether oxygens (including phenoxy) is 1. The normalized spacial score (nSPS) is 13.2. The number of carbonyl (C=O) groups is 1. The van der Waals surface area contributed by atoms with Crippen LogP contribution in [0, 0.1) is 17.8 Å². The summed E-state index contributed by atoms with van der Waals surface area (Å²) in [7, 11) is 0. The van der Waals surface area contributed by atoms with E-state index in [9.17, 15) is 4.79 Å². The molecule has 1 N–H and O–H groups in total. The summed E-state index contributed by atoms with van der Waals surface area (Å²) in [4.78, 5) is 10.9. The second-order valence-corrected chi connectivity index (χ2v) is 5.18. The Bertz CT molecular complexity index is 491. The molecule has 0 fully saturated rings. The number of hydrogen-bond donors (Lipinski definition) is 1. The first-order valence-electron chi connectivity index (χ1n) is 6.84. The Morgan fingerprint density at radius 3 is 2.30 bits per heavy atom. The zero-order valence-corrected chi connectivity index (χ0v) is 12.5. The Morgan fingerprint density at radius 1 is 1.25 bits per heavy atom. The van der Waals surface area contributed by atoms with Gasteiger partial charge in [-0.15, -0.1) is 5.92 Å². The summed E-state index contributed by atoms with van der Waals surface area (Å²) in [6.45, 7) is 7.97. The van der Waals surface area contributed by atoms with Crippen molar-refractivity contribution in [2.45, 2.75) is 46.1 Å². The standard InChI is InChI=1S/C17H22O3/c1-5-6-15(11-17(18)19)14-7-9-16(10-8-14)20-13(4)12(2)3/h7-10,12-13,15H,11H2,1-4H3,(H,18,19)/t13-,15-/m1/s1. The van der Waals surface area contributed by atoms with E-state index in [4.69, 9.17) is 9.84 Å². The van der Waals surface area contributed by atoms with Crippen LogP contribution in [-0.4, -0.2) is 17.2 Å². The lowest BCUT2D eigenvalue weighted by Crippen LogP contribution is -2.18. The summed E-state index contributed by atoms with van der Waals surface area (Å²) < 4.78 is 5.80. The Morgan fingerprint density at radius 2 is 1.85 bits per heavy atom. The van der Waals surface area contributed by atoms with E-state index in [2.05, 4.69) is 25.7 Å². The lowest BCUT2D eigenvalue weighted by molar-refractivity contribution is -0.137. The SMILES string of the molecule is CC#C[C@H](CC(=O)O)c1ccc(O[C@H](C)C(C)C)cc1. The molecule has 3 heteroatoms. The highest BCUT2D eigenvalue weighted by Crippen LogP contribution is 2.23. The van der Waals surface area contributed by atoms with Crippen molar-refractivity contribution in [2.75, 3.05) is 0 Å². The highest BCUT2D eigenvalue weighted by Gasteiger charge is 2.14. The topological polar surface area (TPSA) is 46.5 Å². The fraction of sp³-hybridized carbons (Fsp3) is 0.471. The van der Waals surface area contributed by atoms with Gasteiger partial charge in [-0.25, -0.2) is 0 Å². The minimum absolute atomic E-state index is 0.0173. The molecule has 20 heavy (non-hydrogen) atoms. The van der Waals surface area contributed by atoms with Crippen molar-refractivity contribution in [1.29, 1.82) is 0 Å². The van der Waals surface area contributed by atoms with Crippen molar-refractivity contribution in [3.8, 4) is 17.6 Å². The number of carboxylic acid groups (broad SMARTS) is 1. The minimum atomic E-state index is -0.841. The van der Waals surface area contributed by atoms with Gasteiger partial charge in [0.1, 0.15) is 5.75 Å². The minimum Gasteiger partial charge on any atom is -0.490 e. The summed E-state index contributed by atoms with van der Waals surface area (Å²) >= 11 is 0. The fourth-order valence-corrected chi connectivity index (χ4v) is 1.73. The predicted octanol–water partition coefficient (Wildman–Crippen LogP) is 3.69. The first kappa shape index (κ1) is 16.1. The van der Waals surface area contributed by atoms with E-state index in [1.54, 1.807) is 6.92 Å². The molecule has 0 amide bonds. The molecule has 0 saturated heterocycles. The van der Waals surface area contributed by atoms with E-state index in [1.165, 1.54) is 0 Å². The van der Waals surface area contributed by atoms with Crippen LogP contribution in [-0.2, 0) is 4.79 Å². The maximum atomic E-state index is 10.9. The second kappa shape index (κ2) is 7.59. The summed E-state index contributed by atoms with van der Waals surface area (Å²) in [5.74, 6) is 5.86. The maximum Gasteiger partial charge on any atom is 0.304 e. The zero-order valence-electron chi connectivity index (χ0n) is 12.5. The molecule has 0 aliphatic rings. The van der Waals surface area contributed by atoms with E-state index < -0.39 is 5.97 Å². The maximum absolute atomic E-state index is 10.9. The van der Waals surface area contributed by atoms with Crippen molar-refractivity contribution in [3.63, 3.8) is 0 Å². The molecule has 0 aromatic heterocycles. The van der Waals surface area contributed by atoms with Gasteiger partial charge in [-0.3, -0.25) is 4.79 Å². The van der Waals surface area contributed by atoms with Crippen LogP contribution in [0.15, 0.2) is 24.3 Å². The van der Waals surface area contributed by atoms with Gasteiger partial charge in [0.25, 0.3) is 0 Å². The van der Waals surface area contributed by atoms with Crippen LogP contribution in [0.3, 0.4) is 0 Å². The Hall–Kier alpha value is -1.95. The van der Waals surface area contributed by atoms with Crippen LogP contribution in [0.5, 0.6) is 5.75 Å². The predicted molar refractivity (Wildman–Crippen MR) is 79.8 cm³/mol. The fourth-order valence-electron chi connectivity index (χ4n) is 1.73. The Labute approximate surface area is 121 Å². The van der Waals surface area contributed by atoms with Crippen LogP contribution in [0.2, 0.25) is 0 Å². The Kier molecular flexibility index (Phi) is 6.11. The number of hydrogen-bond acceptors (Lipinski definition) is 2. The van der Waals surface area contributed by atoms with Gasteiger partial charge >= 0.3 is 5.97 Å². The third-order valence-electron chi connectivity index (χ3n) is 3.24. The molecule has 1 rings (SSSR count). The van der Waals surface area contributed by atoms with E-state index in [1.807, 2.05) is 31.2 Å². The molecule has 0 bridgehead atoms. The summed E-state index contributed by atoms with van der Waals surface area (Å²) in [5, 5.41) is 8.91. The van der Waals surface area contributed by atoms with Crippen LogP contribution in [0.4, 0.5) is 0 Å². The highest BCUT2D eigenvalue weighted by molar-refractivity contribution is 5.69. The lowest BCUT2D eigenvalue weighted by atomic mass is 9.96. The number of carboxylic acids is 1. The summed E-state index contributed by atoms with van der Waals surface area (Å²) in [5.41, 5.74) is 0.909. The molecule has 0 heterocycles. The monoisotopic (exact) mass is 274 g/mol. The molecule has 0 radical (unpaired) electrons. The third-order valence-corrected chi connectivity index (χ3v) is 3.24. The van der Waals surface area contributed by atoms with Gasteiger partial charge in [0.15, 0.2) is 0 Å². The van der Waals surface area contributed by atoms with Crippen LogP contribution in [0.1, 0.15) is 45.6 Å². The quantitative estimate of drug-likeness (QED) is 0.805. The molecule has 108 valence electrons. The smallest absolute Gasteiger partial charge is 0.304 e. The molecule has 1 aromatic rings. The van der Waals surface area contributed by atoms with Crippen molar-refractivity contribution < 1.29 is 14.6 Å². The van der Waals surface area contributed by atoms with Crippen LogP contribution in [0.25, 0.3) is 0 Å². The number of benzene rings is 1. The van der Waals surface area contributed by atoms with Crippen molar-refractivity contribution in [3.05, 3.63) is 29.8 Å². The van der Waals surface area contributed by atoms with Crippen LogP contribution < -0.4 is 4.74 Å². The van der Waals surface area contributed by atoms with Gasteiger partial charge in [0.05, 0.1) is 18.4 Å². The van der Waals surface area contributed by atoms with Gasteiger partial charge in [-0.1, -0.05) is 31.9 Å². The van der Waals surface area contributed by atoms with Gasteiger partial charge in [-0.2, -0.15) is 0 Å². The van der Waals surface area contributed by atoms with Crippen LogP contribution >= 0.6 is 0 Å². The largest absolute Gasteiger partial charge is 0.490 e. The van der Waals surface area contributed by atoms with Crippen molar-refractivity contribution in [1.82, 2.24) is 0 Å². The molecule has 0 unspecified atom stereocenters. The van der Waals surface area contributed by atoms with E-state index in [0.29, 0.717) is 5.92 Å². The Balaban J connectivity index is 2.82. The molecular formula is C17H22O3. The molecule has 0 aliphatic carbocycles. The zero-order chi connectivity index (χ0) is 15.1. The summed E-state index contributed by atoms with van der Waals surface area (Å²) in [6, 6.07) is 7.53. The average molecular weight is 274 g/mol. The molecule has 2 atom stereocenters. The summed E-state index contributed by atoms with van der Waals surface area (Å²) in [6.07, 6.45) is 0.162. The first-order valence-corrected chi connectivity index (χ1v) is 6.84. The van der Waals surface area contributed by atoms with E-state index in [0.717, 1.165) is 11.3 Å². The molecule has 0 spiro atoms. The number of aliphatic carboxylic acids is 1. The molecule has 3 nitrogen and oxygen atoms in total. The second-order valence-electron chi connectivity index (χ2n) is 5.18. The van der Waals surface area contributed by atoms with Crippen molar-refractivity contribution >= 4 is 5.97 Å². The van der Waals surface area contributed by atoms with Crippen molar-refractivity contribution in [2.24, 2.45) is 5.92 Å². The van der Waals surface area contributed by atoms with E-state index >= 15 is 0 Å². The first-order chi connectivity index (χ1) is 9.43. The highest BCUT2D eigenvalue weighted by atomic mass is 16.5. The van der Waals surface area contributed by atoms with Gasteiger partial charge in [-0.05, 0) is 37.5 Å². The van der Waals surface area contributed by atoms with Gasteiger partial charge in [0.2, 0.25) is 0 Å². The number of rotatable bonds is 6. The average Bonchev–Trinajstić information content (AvgIpc) is 2.38. The lowest BCUT2D eigenvalue weighted by Gasteiger charge is -2.18. The van der Waals surface area contributed by atoms with Gasteiger partial charge in [0, 0.05) is 0 Å². The molecular weight excluding hydrogens is 252 g/mol. The molecule has 1 aromatic carbocycles.